The van der Waals surface area contributed by atoms with E-state index in [2.05, 4.69) is 26.3 Å². The van der Waals surface area contributed by atoms with Crippen LogP contribution in [0.4, 0.5) is 18.9 Å². The molecule has 3 heterocycles. The number of anilines is 1. The van der Waals surface area contributed by atoms with Crippen molar-refractivity contribution >= 4 is 54.9 Å². The van der Waals surface area contributed by atoms with E-state index in [1.807, 2.05) is 31.2 Å². The number of aryl methyl sites for hydroxylation is 1. The van der Waals surface area contributed by atoms with Crippen LogP contribution in [-0.4, -0.2) is 76.8 Å². The summed E-state index contributed by atoms with van der Waals surface area (Å²) in [7, 11) is -3.85. The van der Waals surface area contributed by atoms with Crippen LogP contribution in [0.3, 0.4) is 0 Å². The van der Waals surface area contributed by atoms with Crippen molar-refractivity contribution in [3.8, 4) is 33.4 Å². The SMILES string of the molecule is Cc1ccc2nc(-c3ccc(NC(=O)CSc4nnc(-c5cccc(S(=O)(=O)N6CCOCC6)c5)n4-c4ccc(OC(F)(F)F)cc4)cc3)sc2c1. The number of aromatic nitrogens is 4. The van der Waals surface area contributed by atoms with Crippen LogP contribution in [0.2, 0.25) is 0 Å². The fourth-order valence-electron chi connectivity index (χ4n) is 5.49. The maximum atomic E-state index is 13.4. The number of sulfonamides is 1. The highest BCUT2D eigenvalue weighted by Gasteiger charge is 2.31. The topological polar surface area (TPSA) is 129 Å². The number of carbonyl (C=O) groups is 1. The van der Waals surface area contributed by atoms with E-state index in [0.717, 1.165) is 50.2 Å². The largest absolute Gasteiger partial charge is 0.573 e. The Morgan fingerprint density at radius 2 is 1.71 bits per heavy atom. The lowest BCUT2D eigenvalue weighted by molar-refractivity contribution is -0.274. The van der Waals surface area contributed by atoms with Gasteiger partial charge in [0, 0.05) is 35.6 Å². The Labute approximate surface area is 304 Å². The molecule has 1 aliphatic heterocycles. The van der Waals surface area contributed by atoms with Crippen molar-refractivity contribution in [3.63, 3.8) is 0 Å². The second-order valence-electron chi connectivity index (χ2n) is 11.6. The van der Waals surface area contributed by atoms with Crippen LogP contribution in [0.5, 0.6) is 5.75 Å². The third-order valence-electron chi connectivity index (χ3n) is 7.95. The lowest BCUT2D eigenvalue weighted by atomic mass is 10.2. The summed E-state index contributed by atoms with van der Waals surface area (Å²) in [6, 6.07) is 24.7. The summed E-state index contributed by atoms with van der Waals surface area (Å²) in [5, 5.41) is 12.6. The van der Waals surface area contributed by atoms with Crippen LogP contribution >= 0.6 is 23.1 Å². The summed E-state index contributed by atoms with van der Waals surface area (Å²) in [5.41, 5.74) is 4.32. The fraction of sp³-hybridized carbons (Fsp3) is 0.200. The number of amides is 1. The molecule has 0 bridgehead atoms. The zero-order valence-electron chi connectivity index (χ0n) is 27.3. The minimum atomic E-state index is -4.88. The Morgan fingerprint density at radius 3 is 2.44 bits per heavy atom. The van der Waals surface area contributed by atoms with Crippen LogP contribution in [0.1, 0.15) is 5.56 Å². The van der Waals surface area contributed by atoms with Crippen molar-refractivity contribution in [1.29, 1.82) is 0 Å². The van der Waals surface area contributed by atoms with E-state index in [1.54, 1.807) is 40.2 Å². The number of hydrogen-bond donors (Lipinski definition) is 1. The molecule has 1 saturated heterocycles. The molecule has 1 N–H and O–H groups in total. The molecule has 4 aromatic carbocycles. The predicted molar refractivity (Wildman–Crippen MR) is 192 cm³/mol. The molecule has 268 valence electrons. The molecule has 0 spiro atoms. The molecule has 1 amide bonds. The van der Waals surface area contributed by atoms with E-state index in [9.17, 15) is 26.4 Å². The Hall–Kier alpha value is -4.81. The molecule has 6 aromatic rings. The smallest absolute Gasteiger partial charge is 0.406 e. The zero-order valence-corrected chi connectivity index (χ0v) is 29.8. The van der Waals surface area contributed by atoms with E-state index < -0.39 is 22.1 Å². The summed E-state index contributed by atoms with van der Waals surface area (Å²) >= 11 is 2.64. The van der Waals surface area contributed by atoms with Gasteiger partial charge >= 0.3 is 6.36 Å². The van der Waals surface area contributed by atoms with Crippen molar-refractivity contribution in [2.45, 2.75) is 23.3 Å². The van der Waals surface area contributed by atoms with Gasteiger partial charge in [-0.1, -0.05) is 30.0 Å². The maximum Gasteiger partial charge on any atom is 0.573 e. The van der Waals surface area contributed by atoms with Gasteiger partial charge in [0.2, 0.25) is 15.9 Å². The molecule has 0 atom stereocenters. The number of rotatable bonds is 10. The van der Waals surface area contributed by atoms with Crippen molar-refractivity contribution in [3.05, 3.63) is 96.6 Å². The van der Waals surface area contributed by atoms with Gasteiger partial charge in [-0.15, -0.1) is 34.7 Å². The van der Waals surface area contributed by atoms with Gasteiger partial charge in [0.05, 0.1) is 34.1 Å². The summed E-state index contributed by atoms with van der Waals surface area (Å²) in [5.74, 6) is -0.635. The van der Waals surface area contributed by atoms with Crippen LogP contribution in [0.25, 0.3) is 37.9 Å². The zero-order chi connectivity index (χ0) is 36.5. The number of morpholine rings is 1. The van der Waals surface area contributed by atoms with Crippen LogP contribution in [0, 0.1) is 6.92 Å². The number of nitrogens with one attached hydrogen (secondary N) is 1. The van der Waals surface area contributed by atoms with Crippen molar-refractivity contribution < 1.29 is 35.9 Å². The van der Waals surface area contributed by atoms with Crippen LogP contribution in [-0.2, 0) is 19.6 Å². The minimum Gasteiger partial charge on any atom is -0.406 e. The van der Waals surface area contributed by atoms with Gasteiger partial charge in [-0.25, -0.2) is 13.4 Å². The Morgan fingerprint density at radius 1 is 0.962 bits per heavy atom. The second kappa shape index (κ2) is 14.7. The van der Waals surface area contributed by atoms with Gasteiger partial charge in [0.25, 0.3) is 0 Å². The molecular formula is C35H29F3N6O5S3. The van der Waals surface area contributed by atoms with E-state index in [0.29, 0.717) is 16.9 Å². The number of ether oxygens (including phenoxy) is 2. The highest BCUT2D eigenvalue weighted by atomic mass is 32.2. The first-order valence-corrected chi connectivity index (χ1v) is 19.1. The molecule has 11 nitrogen and oxygen atoms in total. The third kappa shape index (κ3) is 7.98. The Balaban J connectivity index is 1.12. The van der Waals surface area contributed by atoms with Gasteiger partial charge in [-0.3, -0.25) is 9.36 Å². The first-order chi connectivity index (χ1) is 24.9. The number of thiazole rings is 1. The normalized spacial score (nSPS) is 14.1. The number of nitrogens with zero attached hydrogens (tertiary/aromatic N) is 5. The molecule has 7 rings (SSSR count). The summed E-state index contributed by atoms with van der Waals surface area (Å²) in [6.45, 7) is 3.03. The van der Waals surface area contributed by atoms with Crippen LogP contribution in [0.15, 0.2) is 101 Å². The molecule has 0 unspecified atom stereocenters. The predicted octanol–water partition coefficient (Wildman–Crippen LogP) is 7.17. The molecule has 0 saturated carbocycles. The van der Waals surface area contributed by atoms with Gasteiger partial charge in [-0.05, 0) is 85.3 Å². The van der Waals surface area contributed by atoms with Crippen LogP contribution < -0.4 is 10.1 Å². The molecule has 0 radical (unpaired) electrons. The average molecular weight is 767 g/mol. The van der Waals surface area contributed by atoms with Gasteiger partial charge in [0.15, 0.2) is 11.0 Å². The lowest BCUT2D eigenvalue weighted by Gasteiger charge is -2.26. The molecular weight excluding hydrogens is 738 g/mol. The standard InChI is InChI=1S/C35H29F3N6O5S3/c1-22-5-14-29-30(19-22)51-33(40-29)23-6-8-25(9-7-23)39-31(45)21-50-34-42-41-32(44(34)26-10-12-27(13-11-26)49-35(36,37)38)24-3-2-4-28(20-24)52(46,47)43-15-17-48-18-16-43/h2-14,19-20H,15-18,21H2,1H3,(H,39,45). The van der Waals surface area contributed by atoms with E-state index in [1.165, 1.54) is 28.6 Å². The number of benzene rings is 4. The molecule has 2 aromatic heterocycles. The molecule has 17 heteroatoms. The number of alkyl halides is 3. The summed E-state index contributed by atoms with van der Waals surface area (Å²) < 4.78 is 78.8. The maximum absolute atomic E-state index is 13.4. The average Bonchev–Trinajstić information content (AvgIpc) is 3.75. The molecule has 0 aliphatic carbocycles. The first-order valence-electron chi connectivity index (χ1n) is 15.8. The first kappa shape index (κ1) is 35.6. The molecule has 1 aliphatic rings. The number of hydrogen-bond acceptors (Lipinski definition) is 10. The Kier molecular flexibility index (Phi) is 10.0. The summed E-state index contributed by atoms with van der Waals surface area (Å²) in [4.78, 5) is 17.8. The summed E-state index contributed by atoms with van der Waals surface area (Å²) in [6.07, 6.45) is -4.88. The van der Waals surface area contributed by atoms with E-state index >= 15 is 0 Å². The quantitative estimate of drug-likeness (QED) is 0.144. The van der Waals surface area contributed by atoms with E-state index in [-0.39, 0.29) is 53.8 Å². The molecule has 52 heavy (non-hydrogen) atoms. The molecule has 1 fully saturated rings. The fourth-order valence-corrected chi connectivity index (χ4v) is 8.77. The number of carbonyl (C=O) groups excluding carboxylic acids is 1. The van der Waals surface area contributed by atoms with Crippen molar-refractivity contribution in [1.82, 2.24) is 24.1 Å². The number of thioether (sulfide) groups is 1. The Bertz CT molecular complexity index is 2340. The third-order valence-corrected chi connectivity index (χ3v) is 11.8. The highest BCUT2D eigenvalue weighted by molar-refractivity contribution is 7.99. The van der Waals surface area contributed by atoms with E-state index in [4.69, 9.17) is 9.72 Å². The lowest BCUT2D eigenvalue weighted by Crippen LogP contribution is -2.40. The number of fused-ring (bicyclic) bond motifs is 1. The number of halogens is 3. The van der Waals surface area contributed by atoms with Gasteiger partial charge in [-0.2, -0.15) is 4.31 Å². The second-order valence-corrected chi connectivity index (χ2v) is 15.5. The van der Waals surface area contributed by atoms with Gasteiger partial charge < -0.3 is 14.8 Å². The van der Waals surface area contributed by atoms with Crippen molar-refractivity contribution in [2.75, 3.05) is 37.4 Å². The van der Waals surface area contributed by atoms with Crippen molar-refractivity contribution in [2.24, 2.45) is 0 Å². The van der Waals surface area contributed by atoms with Gasteiger partial charge in [0.1, 0.15) is 10.8 Å². The highest BCUT2D eigenvalue weighted by Crippen LogP contribution is 2.33. The minimum absolute atomic E-state index is 0.0354. The monoisotopic (exact) mass is 766 g/mol.